The number of likely N-dealkylation sites (N-methyl/N-ethyl adjacent to an activating group) is 1. The van der Waals surface area contributed by atoms with Crippen molar-refractivity contribution in [2.24, 2.45) is 11.7 Å². The molecule has 1 aliphatic carbocycles. The lowest BCUT2D eigenvalue weighted by atomic mass is 10.1. The molecule has 1 atom stereocenters. The van der Waals surface area contributed by atoms with E-state index in [0.29, 0.717) is 12.6 Å². The molecule has 1 aliphatic rings. The van der Waals surface area contributed by atoms with Gasteiger partial charge in [-0.05, 0) is 37.4 Å². The third-order valence-corrected chi connectivity index (χ3v) is 3.53. The molecule has 0 heterocycles. The predicted octanol–water partition coefficient (Wildman–Crippen LogP) is 1.73. The largest absolute Gasteiger partial charge is 0.329 e. The van der Waals surface area contributed by atoms with Crippen LogP contribution in [0.5, 0.6) is 0 Å². The third-order valence-electron chi connectivity index (χ3n) is 3.53. The van der Waals surface area contributed by atoms with Crippen LogP contribution in [-0.2, 0) is 6.54 Å². The predicted molar refractivity (Wildman–Crippen MR) is 68.2 cm³/mol. The van der Waals surface area contributed by atoms with E-state index in [0.717, 1.165) is 23.6 Å². The molecule has 2 rings (SSSR count). The number of hydrogen-bond donors (Lipinski definition) is 1. The maximum Gasteiger partial charge on any atom is 0.0995 e. The van der Waals surface area contributed by atoms with Gasteiger partial charge in [0.1, 0.15) is 0 Å². The first kappa shape index (κ1) is 12.1. The van der Waals surface area contributed by atoms with Crippen LogP contribution < -0.4 is 5.73 Å². The van der Waals surface area contributed by atoms with Crippen molar-refractivity contribution in [2.45, 2.75) is 25.4 Å². The molecule has 0 radical (unpaired) electrons. The second-order valence-electron chi connectivity index (χ2n) is 4.82. The number of hydrogen-bond acceptors (Lipinski definition) is 3. The molecule has 1 aromatic rings. The zero-order valence-electron chi connectivity index (χ0n) is 10.3. The Bertz CT molecular complexity index is 418. The van der Waals surface area contributed by atoms with E-state index in [-0.39, 0.29) is 0 Å². The van der Waals surface area contributed by atoms with E-state index in [9.17, 15) is 0 Å². The Morgan fingerprint density at radius 3 is 2.76 bits per heavy atom. The molecule has 0 saturated heterocycles. The van der Waals surface area contributed by atoms with Crippen molar-refractivity contribution in [3.8, 4) is 6.07 Å². The summed E-state index contributed by atoms with van der Waals surface area (Å²) in [4.78, 5) is 2.29. The molecule has 90 valence electrons. The van der Waals surface area contributed by atoms with Crippen molar-refractivity contribution in [1.82, 2.24) is 4.90 Å². The monoisotopic (exact) mass is 229 g/mol. The van der Waals surface area contributed by atoms with E-state index in [2.05, 4.69) is 18.0 Å². The molecule has 17 heavy (non-hydrogen) atoms. The third kappa shape index (κ3) is 2.85. The molecule has 1 saturated carbocycles. The summed E-state index contributed by atoms with van der Waals surface area (Å²) in [5, 5.41) is 9.06. The van der Waals surface area contributed by atoms with Crippen LogP contribution in [0.15, 0.2) is 24.3 Å². The van der Waals surface area contributed by atoms with Crippen molar-refractivity contribution >= 4 is 0 Å². The van der Waals surface area contributed by atoms with Crippen LogP contribution in [0, 0.1) is 17.2 Å². The van der Waals surface area contributed by atoms with Crippen LogP contribution in [0.1, 0.15) is 24.0 Å². The highest BCUT2D eigenvalue weighted by atomic mass is 15.1. The molecule has 0 bridgehead atoms. The molecule has 3 heteroatoms. The lowest BCUT2D eigenvalue weighted by Gasteiger charge is -2.27. The van der Waals surface area contributed by atoms with Gasteiger partial charge in [0, 0.05) is 19.1 Å². The lowest BCUT2D eigenvalue weighted by molar-refractivity contribution is 0.215. The van der Waals surface area contributed by atoms with Gasteiger partial charge in [0.15, 0.2) is 0 Å². The number of rotatable bonds is 5. The molecule has 1 aromatic carbocycles. The Labute approximate surface area is 103 Å². The van der Waals surface area contributed by atoms with E-state index >= 15 is 0 Å². The van der Waals surface area contributed by atoms with E-state index in [1.165, 1.54) is 12.8 Å². The molecule has 0 aliphatic heterocycles. The van der Waals surface area contributed by atoms with Gasteiger partial charge in [-0.2, -0.15) is 5.26 Å². The highest BCUT2D eigenvalue weighted by Crippen LogP contribution is 2.35. The van der Waals surface area contributed by atoms with Gasteiger partial charge in [-0.25, -0.2) is 0 Å². The van der Waals surface area contributed by atoms with E-state index in [1.54, 1.807) is 0 Å². The van der Waals surface area contributed by atoms with Crippen molar-refractivity contribution < 1.29 is 0 Å². The number of nitrogens with two attached hydrogens (primary N) is 1. The second kappa shape index (κ2) is 5.31. The zero-order valence-corrected chi connectivity index (χ0v) is 10.3. The highest BCUT2D eigenvalue weighted by Gasteiger charge is 2.32. The van der Waals surface area contributed by atoms with Crippen LogP contribution in [-0.4, -0.2) is 24.5 Å². The minimum absolute atomic E-state index is 0.460. The normalized spacial score (nSPS) is 16.8. The Kier molecular flexibility index (Phi) is 3.78. The number of nitrogens with zero attached hydrogens (tertiary/aromatic N) is 2. The topological polar surface area (TPSA) is 53.0 Å². The molecule has 3 nitrogen and oxygen atoms in total. The smallest absolute Gasteiger partial charge is 0.0995 e. The first-order valence-corrected chi connectivity index (χ1v) is 6.14. The maximum atomic E-state index is 9.06. The lowest BCUT2D eigenvalue weighted by Crippen LogP contribution is -2.39. The Hall–Kier alpha value is -1.37. The van der Waals surface area contributed by atoms with Crippen LogP contribution in [0.2, 0.25) is 0 Å². The molecule has 1 unspecified atom stereocenters. The summed E-state index contributed by atoms with van der Waals surface area (Å²) in [6, 6.07) is 10.5. The summed E-state index contributed by atoms with van der Waals surface area (Å²) in [6.45, 7) is 1.51. The second-order valence-corrected chi connectivity index (χ2v) is 4.82. The number of nitriles is 1. The van der Waals surface area contributed by atoms with Crippen molar-refractivity contribution in [3.63, 3.8) is 0 Å². The average molecular weight is 229 g/mol. The number of benzene rings is 1. The van der Waals surface area contributed by atoms with E-state index in [1.807, 2.05) is 24.3 Å². The van der Waals surface area contributed by atoms with Gasteiger partial charge in [0.2, 0.25) is 0 Å². The Morgan fingerprint density at radius 1 is 1.47 bits per heavy atom. The van der Waals surface area contributed by atoms with Crippen LogP contribution >= 0.6 is 0 Å². The minimum atomic E-state index is 0.460. The molecular weight excluding hydrogens is 210 g/mol. The zero-order chi connectivity index (χ0) is 12.3. The fraction of sp³-hybridized carbons (Fsp3) is 0.500. The maximum absolute atomic E-state index is 9.06. The summed E-state index contributed by atoms with van der Waals surface area (Å²) in [5.41, 5.74) is 7.70. The Balaban J connectivity index is 2.06. The van der Waals surface area contributed by atoms with Gasteiger partial charge < -0.3 is 5.73 Å². The van der Waals surface area contributed by atoms with Gasteiger partial charge >= 0.3 is 0 Å². The molecule has 0 amide bonds. The standard InChI is InChI=1S/C14H19N3/c1-17(14(9-16)11-6-7-11)10-13-5-3-2-4-12(13)8-15/h2-5,11,14H,6-7,9-10,16H2,1H3. The minimum Gasteiger partial charge on any atom is -0.329 e. The van der Waals surface area contributed by atoms with Gasteiger partial charge in [-0.15, -0.1) is 0 Å². The van der Waals surface area contributed by atoms with E-state index < -0.39 is 0 Å². The fourth-order valence-electron chi connectivity index (χ4n) is 2.37. The van der Waals surface area contributed by atoms with Gasteiger partial charge in [0.25, 0.3) is 0 Å². The summed E-state index contributed by atoms with van der Waals surface area (Å²) in [6.07, 6.45) is 2.60. The Morgan fingerprint density at radius 2 is 2.18 bits per heavy atom. The summed E-state index contributed by atoms with van der Waals surface area (Å²) in [5.74, 6) is 0.763. The molecular formula is C14H19N3. The summed E-state index contributed by atoms with van der Waals surface area (Å²) >= 11 is 0. The fourth-order valence-corrected chi connectivity index (χ4v) is 2.37. The summed E-state index contributed by atoms with van der Waals surface area (Å²) in [7, 11) is 2.10. The first-order chi connectivity index (χ1) is 8.26. The van der Waals surface area contributed by atoms with E-state index in [4.69, 9.17) is 11.0 Å². The van der Waals surface area contributed by atoms with Gasteiger partial charge in [0.05, 0.1) is 11.6 Å². The molecule has 2 N–H and O–H groups in total. The van der Waals surface area contributed by atoms with Crippen molar-refractivity contribution in [2.75, 3.05) is 13.6 Å². The van der Waals surface area contributed by atoms with Crippen LogP contribution in [0.25, 0.3) is 0 Å². The molecule has 1 fully saturated rings. The molecule has 0 spiro atoms. The molecule has 0 aromatic heterocycles. The highest BCUT2D eigenvalue weighted by molar-refractivity contribution is 5.37. The first-order valence-electron chi connectivity index (χ1n) is 6.14. The average Bonchev–Trinajstić information content (AvgIpc) is 3.15. The van der Waals surface area contributed by atoms with Crippen molar-refractivity contribution in [1.29, 1.82) is 5.26 Å². The van der Waals surface area contributed by atoms with Crippen LogP contribution in [0.4, 0.5) is 0 Å². The quantitative estimate of drug-likeness (QED) is 0.836. The van der Waals surface area contributed by atoms with Gasteiger partial charge in [-0.1, -0.05) is 18.2 Å². The summed E-state index contributed by atoms with van der Waals surface area (Å²) < 4.78 is 0. The van der Waals surface area contributed by atoms with Crippen LogP contribution in [0.3, 0.4) is 0 Å². The SMILES string of the molecule is CN(Cc1ccccc1C#N)C(CN)C1CC1. The van der Waals surface area contributed by atoms with Crippen molar-refractivity contribution in [3.05, 3.63) is 35.4 Å². The van der Waals surface area contributed by atoms with Gasteiger partial charge in [-0.3, -0.25) is 4.90 Å².